The number of benzene rings is 1. The number of rotatable bonds is 5. The number of amides is 1. The summed E-state index contributed by atoms with van der Waals surface area (Å²) >= 11 is 0. The van der Waals surface area contributed by atoms with E-state index in [-0.39, 0.29) is 17.7 Å². The summed E-state index contributed by atoms with van der Waals surface area (Å²) in [6, 6.07) is 4.62. The topological polar surface area (TPSA) is 51.2 Å². The van der Waals surface area contributed by atoms with Gasteiger partial charge in [-0.05, 0) is 24.6 Å². The summed E-state index contributed by atoms with van der Waals surface area (Å²) in [5, 5.41) is 0. The Hall–Kier alpha value is -1.70. The highest BCUT2D eigenvalue weighted by molar-refractivity contribution is 5.94. The van der Waals surface area contributed by atoms with Gasteiger partial charge in [-0.1, -0.05) is 0 Å². The number of carbonyl (C=O) groups excluding carboxylic acids is 1. The van der Waals surface area contributed by atoms with E-state index >= 15 is 0 Å². The van der Waals surface area contributed by atoms with E-state index in [1.165, 1.54) is 19.2 Å². The molecular formula is C19H27FN2O4. The van der Waals surface area contributed by atoms with Gasteiger partial charge in [0.1, 0.15) is 0 Å². The van der Waals surface area contributed by atoms with Crippen molar-refractivity contribution in [3.05, 3.63) is 29.6 Å². The molecule has 0 unspecified atom stereocenters. The maximum Gasteiger partial charge on any atom is 0.254 e. The normalized spacial score (nSPS) is 24.0. The van der Waals surface area contributed by atoms with Crippen LogP contribution in [-0.2, 0) is 9.47 Å². The number of carbonyl (C=O) groups is 1. The monoisotopic (exact) mass is 366 g/mol. The zero-order valence-electron chi connectivity index (χ0n) is 15.4. The van der Waals surface area contributed by atoms with Crippen molar-refractivity contribution in [1.82, 2.24) is 9.80 Å². The molecule has 1 amide bonds. The van der Waals surface area contributed by atoms with Gasteiger partial charge in [0.25, 0.3) is 5.91 Å². The van der Waals surface area contributed by atoms with Gasteiger partial charge in [-0.3, -0.25) is 9.69 Å². The lowest BCUT2D eigenvalue weighted by atomic mass is 9.90. The maximum absolute atomic E-state index is 14.0. The van der Waals surface area contributed by atoms with E-state index in [1.807, 2.05) is 4.90 Å². The number of piperidine rings is 1. The minimum atomic E-state index is -0.516. The van der Waals surface area contributed by atoms with E-state index in [9.17, 15) is 9.18 Å². The third-order valence-electron chi connectivity index (χ3n) is 5.31. The lowest BCUT2D eigenvalue weighted by Gasteiger charge is -2.42. The van der Waals surface area contributed by atoms with Gasteiger partial charge >= 0.3 is 0 Å². The van der Waals surface area contributed by atoms with Crippen molar-refractivity contribution in [3.63, 3.8) is 0 Å². The number of hydrogen-bond acceptors (Lipinski definition) is 5. The highest BCUT2D eigenvalue weighted by Gasteiger charge is 2.36. The molecule has 1 aromatic carbocycles. The Balaban J connectivity index is 1.73. The number of halogens is 1. The highest BCUT2D eigenvalue weighted by atomic mass is 19.1. The number of hydrogen-bond donors (Lipinski definition) is 0. The van der Waals surface area contributed by atoms with Gasteiger partial charge in [-0.15, -0.1) is 0 Å². The molecule has 0 bridgehead atoms. The summed E-state index contributed by atoms with van der Waals surface area (Å²) in [5.74, 6) is -0.0994. The van der Waals surface area contributed by atoms with Gasteiger partial charge in [0.2, 0.25) is 0 Å². The molecule has 0 aliphatic carbocycles. The molecule has 6 nitrogen and oxygen atoms in total. The van der Waals surface area contributed by atoms with Crippen molar-refractivity contribution in [2.75, 3.05) is 60.2 Å². The van der Waals surface area contributed by atoms with Crippen molar-refractivity contribution in [3.8, 4) is 5.75 Å². The Labute approximate surface area is 153 Å². The molecule has 0 radical (unpaired) electrons. The quantitative estimate of drug-likeness (QED) is 0.793. The Morgan fingerprint density at radius 2 is 2.19 bits per heavy atom. The summed E-state index contributed by atoms with van der Waals surface area (Å²) < 4.78 is 29.9. The van der Waals surface area contributed by atoms with Crippen molar-refractivity contribution in [2.45, 2.75) is 12.5 Å². The Bertz CT molecular complexity index is 628. The molecule has 2 aliphatic rings. The fraction of sp³-hybridized carbons (Fsp3) is 0.632. The van der Waals surface area contributed by atoms with E-state index in [4.69, 9.17) is 14.2 Å². The molecule has 1 aromatic rings. The minimum absolute atomic E-state index is 0.137. The third kappa shape index (κ3) is 4.16. The van der Waals surface area contributed by atoms with Crippen molar-refractivity contribution < 1.29 is 23.4 Å². The fourth-order valence-electron chi connectivity index (χ4n) is 3.82. The second kappa shape index (κ2) is 8.79. The van der Waals surface area contributed by atoms with Crippen LogP contribution in [0.2, 0.25) is 0 Å². The zero-order chi connectivity index (χ0) is 18.5. The van der Waals surface area contributed by atoms with Gasteiger partial charge in [0.15, 0.2) is 11.6 Å². The van der Waals surface area contributed by atoms with Crippen LogP contribution in [0.5, 0.6) is 5.75 Å². The van der Waals surface area contributed by atoms with Gasteiger partial charge in [0.05, 0.1) is 26.9 Å². The predicted octanol–water partition coefficient (Wildman–Crippen LogP) is 1.64. The number of methoxy groups -OCH3 is 2. The maximum atomic E-state index is 14.0. The number of nitrogens with zero attached hydrogens (tertiary/aromatic N) is 2. The zero-order valence-corrected chi connectivity index (χ0v) is 15.4. The smallest absolute Gasteiger partial charge is 0.254 e. The molecule has 0 spiro atoms. The van der Waals surface area contributed by atoms with Crippen LogP contribution in [-0.4, -0.2) is 82.0 Å². The van der Waals surface area contributed by atoms with Crippen LogP contribution in [0.1, 0.15) is 16.8 Å². The molecule has 2 aliphatic heterocycles. The first kappa shape index (κ1) is 19.1. The summed E-state index contributed by atoms with van der Waals surface area (Å²) in [7, 11) is 3.11. The molecular weight excluding hydrogens is 339 g/mol. The molecule has 144 valence electrons. The van der Waals surface area contributed by atoms with Crippen LogP contribution in [0.15, 0.2) is 18.2 Å². The largest absolute Gasteiger partial charge is 0.494 e. The van der Waals surface area contributed by atoms with E-state index in [0.717, 1.165) is 26.1 Å². The first-order valence-corrected chi connectivity index (χ1v) is 9.07. The molecule has 7 heteroatoms. The van der Waals surface area contributed by atoms with E-state index in [2.05, 4.69) is 4.90 Å². The molecule has 3 rings (SSSR count). The standard InChI is InChI=1S/C19H27FN2O4/c1-24-9-7-21-8-10-26-13-15-5-6-22(12-17(15)21)19(23)14-3-4-18(25-2)16(20)11-14/h3-4,11,15,17H,5-10,12-13H2,1-2H3/t15-,17-/m1/s1. The molecule has 0 saturated carbocycles. The lowest BCUT2D eigenvalue weighted by molar-refractivity contribution is 0.0327. The van der Waals surface area contributed by atoms with Gasteiger partial charge < -0.3 is 19.1 Å². The average molecular weight is 366 g/mol. The van der Waals surface area contributed by atoms with Crippen molar-refractivity contribution >= 4 is 5.91 Å². The third-order valence-corrected chi connectivity index (χ3v) is 5.31. The second-order valence-corrected chi connectivity index (χ2v) is 6.82. The van der Waals surface area contributed by atoms with E-state index in [1.54, 1.807) is 13.2 Å². The summed E-state index contributed by atoms with van der Waals surface area (Å²) in [4.78, 5) is 17.1. The van der Waals surface area contributed by atoms with Crippen LogP contribution in [0, 0.1) is 11.7 Å². The summed E-state index contributed by atoms with van der Waals surface area (Å²) in [5.41, 5.74) is 0.357. The van der Waals surface area contributed by atoms with E-state index in [0.29, 0.717) is 37.8 Å². The minimum Gasteiger partial charge on any atom is -0.494 e. The lowest BCUT2D eigenvalue weighted by Crippen LogP contribution is -2.55. The van der Waals surface area contributed by atoms with Gasteiger partial charge in [-0.2, -0.15) is 0 Å². The van der Waals surface area contributed by atoms with Crippen LogP contribution in [0.25, 0.3) is 0 Å². The van der Waals surface area contributed by atoms with Crippen LogP contribution in [0.4, 0.5) is 4.39 Å². The van der Waals surface area contributed by atoms with Gasteiger partial charge in [-0.25, -0.2) is 4.39 Å². The Morgan fingerprint density at radius 3 is 2.92 bits per heavy atom. The number of ether oxygens (including phenoxy) is 3. The molecule has 0 aromatic heterocycles. The molecule has 2 atom stereocenters. The SMILES string of the molecule is COCCN1CCOC[C@H]2CCN(C(=O)c3ccc(OC)c(F)c3)C[C@H]21. The van der Waals surface area contributed by atoms with Crippen molar-refractivity contribution in [1.29, 1.82) is 0 Å². The van der Waals surface area contributed by atoms with Crippen LogP contribution in [0.3, 0.4) is 0 Å². The van der Waals surface area contributed by atoms with Crippen LogP contribution < -0.4 is 4.74 Å². The number of fused-ring (bicyclic) bond motifs is 1. The number of likely N-dealkylation sites (tertiary alicyclic amines) is 1. The van der Waals surface area contributed by atoms with E-state index < -0.39 is 5.82 Å². The highest BCUT2D eigenvalue weighted by Crippen LogP contribution is 2.27. The van der Waals surface area contributed by atoms with Crippen LogP contribution >= 0.6 is 0 Å². The Kier molecular flexibility index (Phi) is 6.45. The second-order valence-electron chi connectivity index (χ2n) is 6.82. The molecule has 0 N–H and O–H groups in total. The van der Waals surface area contributed by atoms with Crippen molar-refractivity contribution in [2.24, 2.45) is 5.92 Å². The molecule has 2 fully saturated rings. The average Bonchev–Trinajstić information content (AvgIpc) is 2.87. The summed E-state index contributed by atoms with van der Waals surface area (Å²) in [6.45, 7) is 5.03. The predicted molar refractivity (Wildman–Crippen MR) is 95.0 cm³/mol. The molecule has 26 heavy (non-hydrogen) atoms. The molecule has 2 saturated heterocycles. The molecule has 2 heterocycles. The Morgan fingerprint density at radius 1 is 1.35 bits per heavy atom. The first-order chi connectivity index (χ1) is 12.6. The fourth-order valence-corrected chi connectivity index (χ4v) is 3.82. The first-order valence-electron chi connectivity index (χ1n) is 9.07. The van der Waals surface area contributed by atoms with Gasteiger partial charge in [0, 0.05) is 50.8 Å². The summed E-state index contributed by atoms with van der Waals surface area (Å²) in [6.07, 6.45) is 0.887.